The van der Waals surface area contributed by atoms with E-state index in [1.54, 1.807) is 0 Å². The van der Waals surface area contributed by atoms with Crippen LogP contribution >= 0.6 is 0 Å². The molecule has 4 heteroatoms. The molecule has 1 aromatic rings. The number of ether oxygens (including phenoxy) is 1. The number of carbonyl (C=O) groups excluding carboxylic acids is 1. The molecular weight excluding hydrogens is 276 g/mol. The molecule has 3 saturated carbocycles. The van der Waals surface area contributed by atoms with Crippen LogP contribution in [0.2, 0.25) is 0 Å². The summed E-state index contributed by atoms with van der Waals surface area (Å²) in [6.45, 7) is 0.688. The Morgan fingerprint density at radius 1 is 1.27 bits per heavy atom. The average Bonchev–Trinajstić information content (AvgIpc) is 3.04. The lowest BCUT2D eigenvalue weighted by atomic mass is 9.59. The fourth-order valence-electron chi connectivity index (χ4n) is 5.94. The molecule has 3 aliphatic carbocycles. The molecule has 4 fully saturated rings. The lowest BCUT2D eigenvalue weighted by molar-refractivity contribution is -0.125. The van der Waals surface area contributed by atoms with E-state index < -0.39 is 0 Å². The molecule has 1 saturated heterocycles. The van der Waals surface area contributed by atoms with Gasteiger partial charge in [-0.15, -0.1) is 0 Å². The zero-order valence-corrected chi connectivity index (χ0v) is 12.6. The van der Waals surface area contributed by atoms with Gasteiger partial charge < -0.3 is 15.8 Å². The van der Waals surface area contributed by atoms with Gasteiger partial charge in [-0.25, -0.2) is 0 Å². The van der Waals surface area contributed by atoms with Crippen LogP contribution in [-0.2, 0) is 16.1 Å². The maximum Gasteiger partial charge on any atom is 0.223 e. The molecule has 0 unspecified atom stereocenters. The van der Waals surface area contributed by atoms with Crippen molar-refractivity contribution in [3.05, 3.63) is 35.9 Å². The Hall–Kier alpha value is -1.39. The summed E-state index contributed by atoms with van der Waals surface area (Å²) >= 11 is 0. The molecule has 22 heavy (non-hydrogen) atoms. The first kappa shape index (κ1) is 13.1. The largest absolute Gasteiger partial charge is 0.374 e. The van der Waals surface area contributed by atoms with E-state index in [2.05, 4.69) is 17.4 Å². The van der Waals surface area contributed by atoms with Gasteiger partial charge in [0.2, 0.25) is 5.91 Å². The van der Waals surface area contributed by atoms with Crippen molar-refractivity contribution in [1.29, 1.82) is 0 Å². The van der Waals surface area contributed by atoms with Gasteiger partial charge in [0.1, 0.15) is 0 Å². The van der Waals surface area contributed by atoms with Crippen molar-refractivity contribution in [2.45, 2.75) is 44.1 Å². The second kappa shape index (κ2) is 4.33. The van der Waals surface area contributed by atoms with Crippen LogP contribution in [0.4, 0.5) is 0 Å². The number of benzene rings is 1. The van der Waals surface area contributed by atoms with Gasteiger partial charge in [0.15, 0.2) is 0 Å². The number of hydrogen-bond acceptors (Lipinski definition) is 3. The van der Waals surface area contributed by atoms with Crippen LogP contribution in [0.15, 0.2) is 30.3 Å². The Morgan fingerprint density at radius 2 is 2.05 bits per heavy atom. The Balaban J connectivity index is 1.27. The standard InChI is InChI=1S/C18H22N2O2/c19-15-13-6-12-14(16(15)20-17(12)21)18(13)7-11(8-18)22-9-10-4-2-1-3-5-10/h1-5,11-16H,6-9,19H2,(H,20,21)/t11?,12-,13+,14+,15-,16+,18?/m0/s1. The minimum absolute atomic E-state index is 0.155. The van der Waals surface area contributed by atoms with Crippen LogP contribution < -0.4 is 11.1 Å². The third-order valence-electron chi connectivity index (χ3n) is 6.80. The number of nitrogens with two attached hydrogens (primary N) is 1. The molecule has 3 N–H and O–H groups in total. The summed E-state index contributed by atoms with van der Waals surface area (Å²) < 4.78 is 6.08. The SMILES string of the molecule is N[C@@H]1[C@@H]2NC(=O)[C@H]3C[C@H]1C1(CC(OCc4ccccc4)C1)[C@@H]23. The number of carbonyl (C=O) groups is 1. The van der Waals surface area contributed by atoms with E-state index in [0.29, 0.717) is 24.5 Å². The summed E-state index contributed by atoms with van der Waals surface area (Å²) in [6, 6.07) is 10.7. The average molecular weight is 298 g/mol. The predicted octanol–water partition coefficient (Wildman–Crippen LogP) is 1.44. The zero-order chi connectivity index (χ0) is 14.9. The summed E-state index contributed by atoms with van der Waals surface area (Å²) in [5.74, 6) is 1.46. The van der Waals surface area contributed by atoms with E-state index in [1.165, 1.54) is 5.56 Å². The van der Waals surface area contributed by atoms with Crippen molar-refractivity contribution in [3.63, 3.8) is 0 Å². The highest BCUT2D eigenvalue weighted by Gasteiger charge is 2.74. The van der Waals surface area contributed by atoms with Gasteiger partial charge in [-0.1, -0.05) is 30.3 Å². The fourth-order valence-corrected chi connectivity index (χ4v) is 5.94. The Kier molecular flexibility index (Phi) is 2.57. The van der Waals surface area contributed by atoms with Crippen LogP contribution in [0, 0.1) is 23.2 Å². The molecule has 2 bridgehead atoms. The number of rotatable bonds is 3. The van der Waals surface area contributed by atoms with E-state index in [0.717, 1.165) is 19.3 Å². The normalized spacial score (nSPS) is 47.8. The molecule has 1 aromatic carbocycles. The minimum atomic E-state index is 0.155. The van der Waals surface area contributed by atoms with Crippen LogP contribution in [0.3, 0.4) is 0 Å². The molecule has 1 spiro atoms. The first-order valence-corrected chi connectivity index (χ1v) is 8.40. The van der Waals surface area contributed by atoms with Crippen LogP contribution in [0.5, 0.6) is 0 Å². The topological polar surface area (TPSA) is 64.3 Å². The van der Waals surface area contributed by atoms with E-state index in [4.69, 9.17) is 10.5 Å². The maximum atomic E-state index is 12.1. The van der Waals surface area contributed by atoms with Gasteiger partial charge >= 0.3 is 0 Å². The summed E-state index contributed by atoms with van der Waals surface area (Å²) in [6.07, 6.45) is 3.51. The first-order valence-electron chi connectivity index (χ1n) is 8.40. The number of hydrogen-bond donors (Lipinski definition) is 2. The molecule has 4 aliphatic rings. The second-order valence-corrected chi connectivity index (χ2v) is 7.65. The molecule has 5 atom stereocenters. The van der Waals surface area contributed by atoms with Crippen molar-refractivity contribution in [2.75, 3.05) is 0 Å². The number of amides is 1. The third-order valence-corrected chi connectivity index (χ3v) is 6.80. The minimum Gasteiger partial charge on any atom is -0.374 e. The monoisotopic (exact) mass is 298 g/mol. The summed E-state index contributed by atoms with van der Waals surface area (Å²) in [4.78, 5) is 12.1. The second-order valence-electron chi connectivity index (χ2n) is 7.65. The van der Waals surface area contributed by atoms with Crippen molar-refractivity contribution < 1.29 is 9.53 Å². The molecule has 1 aliphatic heterocycles. The van der Waals surface area contributed by atoms with Crippen molar-refractivity contribution >= 4 is 5.91 Å². The van der Waals surface area contributed by atoms with Gasteiger partial charge in [0.05, 0.1) is 12.7 Å². The zero-order valence-electron chi connectivity index (χ0n) is 12.6. The molecule has 1 heterocycles. The summed E-state index contributed by atoms with van der Waals surface area (Å²) in [5.41, 5.74) is 7.92. The van der Waals surface area contributed by atoms with E-state index >= 15 is 0 Å². The Morgan fingerprint density at radius 3 is 2.82 bits per heavy atom. The van der Waals surface area contributed by atoms with Gasteiger partial charge in [0.25, 0.3) is 0 Å². The van der Waals surface area contributed by atoms with Gasteiger partial charge in [-0.05, 0) is 42.1 Å². The third kappa shape index (κ3) is 1.52. The quantitative estimate of drug-likeness (QED) is 0.887. The fraction of sp³-hybridized carbons (Fsp3) is 0.611. The molecule has 1 amide bonds. The van der Waals surface area contributed by atoms with Crippen LogP contribution in [0.25, 0.3) is 0 Å². The number of nitrogens with one attached hydrogen (secondary N) is 1. The van der Waals surface area contributed by atoms with E-state index in [9.17, 15) is 4.79 Å². The Labute approximate surface area is 130 Å². The highest BCUT2D eigenvalue weighted by molar-refractivity contribution is 5.83. The highest BCUT2D eigenvalue weighted by atomic mass is 16.5. The highest BCUT2D eigenvalue weighted by Crippen LogP contribution is 2.70. The van der Waals surface area contributed by atoms with E-state index in [-0.39, 0.29) is 29.3 Å². The van der Waals surface area contributed by atoms with Crippen LogP contribution in [0.1, 0.15) is 24.8 Å². The van der Waals surface area contributed by atoms with Gasteiger partial charge in [-0.2, -0.15) is 0 Å². The molecule has 5 rings (SSSR count). The van der Waals surface area contributed by atoms with Crippen LogP contribution in [-0.4, -0.2) is 24.1 Å². The maximum absolute atomic E-state index is 12.1. The Bertz CT molecular complexity index is 611. The molecule has 4 nitrogen and oxygen atoms in total. The van der Waals surface area contributed by atoms with E-state index in [1.807, 2.05) is 18.2 Å². The summed E-state index contributed by atoms with van der Waals surface area (Å²) in [7, 11) is 0. The molecule has 0 radical (unpaired) electrons. The van der Waals surface area contributed by atoms with Crippen molar-refractivity contribution in [3.8, 4) is 0 Å². The van der Waals surface area contributed by atoms with Crippen molar-refractivity contribution in [1.82, 2.24) is 5.32 Å². The molecule has 0 aromatic heterocycles. The first-order chi connectivity index (χ1) is 10.7. The predicted molar refractivity (Wildman–Crippen MR) is 81.7 cm³/mol. The molecule has 116 valence electrons. The van der Waals surface area contributed by atoms with Gasteiger partial charge in [-0.3, -0.25) is 4.79 Å². The lowest BCUT2D eigenvalue weighted by Crippen LogP contribution is -2.47. The molecular formula is C18H22N2O2. The van der Waals surface area contributed by atoms with Gasteiger partial charge in [0, 0.05) is 18.0 Å². The summed E-state index contributed by atoms with van der Waals surface area (Å²) in [5, 5.41) is 3.15. The smallest absolute Gasteiger partial charge is 0.223 e. The lowest BCUT2D eigenvalue weighted by Gasteiger charge is -2.49. The van der Waals surface area contributed by atoms with Crippen molar-refractivity contribution in [2.24, 2.45) is 28.9 Å².